The van der Waals surface area contributed by atoms with Crippen LogP contribution in [0.4, 0.5) is 10.5 Å². The van der Waals surface area contributed by atoms with Crippen LogP contribution in [0.2, 0.25) is 0 Å². The van der Waals surface area contributed by atoms with E-state index < -0.39 is 17.9 Å². The minimum absolute atomic E-state index is 0.142. The highest BCUT2D eigenvalue weighted by Gasteiger charge is 2.29. The number of aryl methyl sites for hydroxylation is 1. The summed E-state index contributed by atoms with van der Waals surface area (Å²) in [5.74, 6) is -1.73. The van der Waals surface area contributed by atoms with Gasteiger partial charge in [0.15, 0.2) is 5.69 Å². The van der Waals surface area contributed by atoms with Crippen molar-refractivity contribution in [1.29, 1.82) is 0 Å². The molecule has 0 bridgehead atoms. The van der Waals surface area contributed by atoms with Crippen molar-refractivity contribution in [2.45, 2.75) is 33.4 Å². The van der Waals surface area contributed by atoms with Crippen molar-refractivity contribution in [1.82, 2.24) is 29.4 Å². The number of carbonyl (C=O) groups is 4. The second-order valence-electron chi connectivity index (χ2n) is 7.55. The normalized spacial score (nSPS) is 14.6. The topological polar surface area (TPSA) is 152 Å². The molecule has 178 valence electrons. The number of carbonyl (C=O) groups excluding carboxylic acids is 3. The zero-order chi connectivity index (χ0) is 24.1. The summed E-state index contributed by atoms with van der Waals surface area (Å²) in [5.41, 5.74) is 0.821. The first-order chi connectivity index (χ1) is 15.7. The molecule has 1 aliphatic rings. The molecular weight excluding hydrogens is 434 g/mol. The van der Waals surface area contributed by atoms with Crippen LogP contribution >= 0.6 is 0 Å². The number of amides is 3. The fraction of sp³-hybridized carbons (Fsp3) is 0.500. The average Bonchev–Trinajstić information content (AvgIpc) is 3.40. The van der Waals surface area contributed by atoms with Crippen LogP contribution in [0.15, 0.2) is 18.5 Å². The molecule has 33 heavy (non-hydrogen) atoms. The molecule has 3 amide bonds. The Hall–Kier alpha value is -3.90. The van der Waals surface area contributed by atoms with Gasteiger partial charge >= 0.3 is 12.1 Å². The van der Waals surface area contributed by atoms with E-state index in [0.29, 0.717) is 44.2 Å². The summed E-state index contributed by atoms with van der Waals surface area (Å²) in [6, 6.07) is 0.700. The van der Waals surface area contributed by atoms with E-state index in [2.05, 4.69) is 15.5 Å². The molecule has 0 spiro atoms. The van der Waals surface area contributed by atoms with Crippen molar-refractivity contribution in [2.24, 2.45) is 0 Å². The van der Waals surface area contributed by atoms with Gasteiger partial charge in [-0.05, 0) is 26.8 Å². The van der Waals surface area contributed by atoms with Gasteiger partial charge in [0.2, 0.25) is 11.8 Å². The van der Waals surface area contributed by atoms with E-state index in [1.54, 1.807) is 36.8 Å². The number of hydrogen-bond donors (Lipinski definition) is 2. The molecule has 1 saturated heterocycles. The Balaban J connectivity index is 1.57. The Morgan fingerprint density at radius 2 is 1.82 bits per heavy atom. The molecule has 3 rings (SSSR count). The second kappa shape index (κ2) is 10.1. The van der Waals surface area contributed by atoms with E-state index in [1.807, 2.05) is 0 Å². The van der Waals surface area contributed by atoms with E-state index in [1.165, 1.54) is 21.6 Å². The number of aromatic carboxylic acids is 1. The molecule has 3 heterocycles. The summed E-state index contributed by atoms with van der Waals surface area (Å²) in [7, 11) is 0. The molecule has 13 nitrogen and oxygen atoms in total. The number of ether oxygens (including phenoxy) is 1. The van der Waals surface area contributed by atoms with Crippen LogP contribution in [0.1, 0.15) is 36.1 Å². The van der Waals surface area contributed by atoms with Crippen LogP contribution in [0.5, 0.6) is 0 Å². The first-order valence-corrected chi connectivity index (χ1v) is 10.5. The molecule has 1 fully saturated rings. The van der Waals surface area contributed by atoms with E-state index in [4.69, 9.17) is 9.84 Å². The van der Waals surface area contributed by atoms with E-state index in [-0.39, 0.29) is 24.2 Å². The lowest BCUT2D eigenvalue weighted by Crippen LogP contribution is -2.52. The van der Waals surface area contributed by atoms with Gasteiger partial charge in [-0.1, -0.05) is 0 Å². The van der Waals surface area contributed by atoms with Gasteiger partial charge in [-0.15, -0.1) is 0 Å². The van der Waals surface area contributed by atoms with Crippen LogP contribution in [-0.4, -0.2) is 91.1 Å². The Morgan fingerprint density at radius 1 is 1.15 bits per heavy atom. The Morgan fingerprint density at radius 3 is 2.42 bits per heavy atom. The van der Waals surface area contributed by atoms with Crippen LogP contribution in [0.25, 0.3) is 0 Å². The highest BCUT2D eigenvalue weighted by atomic mass is 16.6. The maximum Gasteiger partial charge on any atom is 0.409 e. The van der Waals surface area contributed by atoms with Gasteiger partial charge < -0.3 is 25.0 Å². The van der Waals surface area contributed by atoms with Gasteiger partial charge in [0.1, 0.15) is 12.6 Å². The SMILES string of the molecule is CCOC(=O)N1CCN(C(=O)C(C)n2cc(NC(=O)Cn3ccc(C(=O)O)n3)c(C)n2)CC1. The Kier molecular flexibility index (Phi) is 7.30. The van der Waals surface area contributed by atoms with Gasteiger partial charge in [-0.3, -0.25) is 19.0 Å². The minimum atomic E-state index is -1.17. The summed E-state index contributed by atoms with van der Waals surface area (Å²) in [5, 5.41) is 19.8. The van der Waals surface area contributed by atoms with E-state index >= 15 is 0 Å². The Bertz CT molecular complexity index is 1040. The van der Waals surface area contributed by atoms with Crippen LogP contribution in [0, 0.1) is 6.92 Å². The quantitative estimate of drug-likeness (QED) is 0.608. The maximum absolute atomic E-state index is 12.9. The first-order valence-electron chi connectivity index (χ1n) is 10.5. The van der Waals surface area contributed by atoms with E-state index in [0.717, 1.165) is 0 Å². The largest absolute Gasteiger partial charge is 0.476 e. The molecule has 0 saturated carbocycles. The van der Waals surface area contributed by atoms with Crippen LogP contribution < -0.4 is 5.32 Å². The van der Waals surface area contributed by atoms with Gasteiger partial charge in [-0.2, -0.15) is 10.2 Å². The van der Waals surface area contributed by atoms with Gasteiger partial charge in [-0.25, -0.2) is 9.59 Å². The summed E-state index contributed by atoms with van der Waals surface area (Å²) in [4.78, 5) is 51.2. The van der Waals surface area contributed by atoms with Crippen molar-refractivity contribution in [3.05, 3.63) is 29.8 Å². The molecular formula is C20H27N7O6. The molecule has 2 aromatic rings. The molecule has 0 radical (unpaired) electrons. The number of carboxylic acids is 1. The minimum Gasteiger partial charge on any atom is -0.476 e. The molecule has 0 aliphatic carbocycles. The molecule has 2 aromatic heterocycles. The zero-order valence-electron chi connectivity index (χ0n) is 18.7. The fourth-order valence-electron chi connectivity index (χ4n) is 3.40. The lowest BCUT2D eigenvalue weighted by Gasteiger charge is -2.35. The average molecular weight is 461 g/mol. The van der Waals surface area contributed by atoms with E-state index in [9.17, 15) is 19.2 Å². The number of carboxylic acid groups (broad SMARTS) is 1. The Labute approximate surface area is 189 Å². The number of hydrogen-bond acceptors (Lipinski definition) is 7. The highest BCUT2D eigenvalue weighted by molar-refractivity contribution is 5.91. The van der Waals surface area contributed by atoms with Gasteiger partial charge in [0.25, 0.3) is 0 Å². The first kappa shape index (κ1) is 23.8. The number of anilines is 1. The van der Waals surface area contributed by atoms with Crippen molar-refractivity contribution in [2.75, 3.05) is 38.1 Å². The van der Waals surface area contributed by atoms with Crippen molar-refractivity contribution < 1.29 is 29.0 Å². The molecule has 1 atom stereocenters. The predicted octanol–water partition coefficient (Wildman–Crippen LogP) is 0.587. The number of rotatable bonds is 7. The number of piperazine rings is 1. The second-order valence-corrected chi connectivity index (χ2v) is 7.55. The lowest BCUT2D eigenvalue weighted by molar-refractivity contribution is -0.136. The van der Waals surface area contributed by atoms with Crippen LogP contribution in [-0.2, 0) is 20.9 Å². The van der Waals surface area contributed by atoms with Crippen LogP contribution in [0.3, 0.4) is 0 Å². The molecule has 13 heteroatoms. The summed E-state index contributed by atoms with van der Waals surface area (Å²) >= 11 is 0. The molecule has 1 aliphatic heterocycles. The monoisotopic (exact) mass is 461 g/mol. The van der Waals surface area contributed by atoms with Crippen molar-refractivity contribution in [3.8, 4) is 0 Å². The molecule has 0 aromatic carbocycles. The van der Waals surface area contributed by atoms with Gasteiger partial charge in [0.05, 0.1) is 18.0 Å². The van der Waals surface area contributed by atoms with Crippen molar-refractivity contribution >= 4 is 29.6 Å². The smallest absolute Gasteiger partial charge is 0.409 e. The maximum atomic E-state index is 12.9. The predicted molar refractivity (Wildman–Crippen MR) is 115 cm³/mol. The molecule has 2 N–H and O–H groups in total. The highest BCUT2D eigenvalue weighted by Crippen LogP contribution is 2.19. The number of aromatic nitrogens is 4. The third-order valence-electron chi connectivity index (χ3n) is 5.23. The fourth-order valence-corrected chi connectivity index (χ4v) is 3.40. The summed E-state index contributed by atoms with van der Waals surface area (Å²) < 4.78 is 7.70. The molecule has 1 unspecified atom stereocenters. The third kappa shape index (κ3) is 5.67. The van der Waals surface area contributed by atoms with Crippen molar-refractivity contribution in [3.63, 3.8) is 0 Å². The zero-order valence-corrected chi connectivity index (χ0v) is 18.7. The number of nitrogens with zero attached hydrogens (tertiary/aromatic N) is 6. The van der Waals surface area contributed by atoms with Gasteiger partial charge in [0, 0.05) is 38.6 Å². The standard InChI is InChI=1S/C20H27N7O6/c1-4-33-20(32)25-9-7-24(8-10-25)18(29)14(3)27-11-16(13(2)22-27)21-17(28)12-26-6-5-15(23-26)19(30)31/h5-6,11,14H,4,7-10,12H2,1-3H3,(H,21,28)(H,30,31). The lowest BCUT2D eigenvalue weighted by atomic mass is 10.2. The number of nitrogens with one attached hydrogen (secondary N) is 1. The summed E-state index contributed by atoms with van der Waals surface area (Å²) in [6.45, 7) is 6.89. The third-order valence-corrected chi connectivity index (χ3v) is 5.23. The summed E-state index contributed by atoms with van der Waals surface area (Å²) in [6.07, 6.45) is 2.60.